The maximum atomic E-state index is 4.37. The highest BCUT2D eigenvalue weighted by Crippen LogP contribution is 2.19. The minimum atomic E-state index is 0.360. The molecule has 0 saturated carbocycles. The second kappa shape index (κ2) is 4.47. The van der Waals surface area contributed by atoms with Gasteiger partial charge >= 0.3 is 0 Å². The molecule has 2 aromatic heterocycles. The molecule has 16 heavy (non-hydrogen) atoms. The highest BCUT2D eigenvalue weighted by molar-refractivity contribution is 5.82. The Morgan fingerprint density at radius 3 is 2.81 bits per heavy atom. The third-order valence-electron chi connectivity index (χ3n) is 2.46. The third-order valence-corrected chi connectivity index (χ3v) is 2.46. The van der Waals surface area contributed by atoms with Crippen molar-refractivity contribution in [1.82, 2.24) is 19.5 Å². The monoisotopic (exact) mass is 219 g/mol. The van der Waals surface area contributed by atoms with Crippen molar-refractivity contribution in [3.63, 3.8) is 0 Å². The maximum Gasteiger partial charge on any atom is 0.165 e. The highest BCUT2D eigenvalue weighted by Gasteiger charge is 2.10. The summed E-state index contributed by atoms with van der Waals surface area (Å²) in [5.74, 6) is 0.825. The van der Waals surface area contributed by atoms with E-state index in [9.17, 15) is 0 Å². The van der Waals surface area contributed by atoms with Crippen molar-refractivity contribution in [2.75, 3.05) is 11.9 Å². The average molecular weight is 219 g/mol. The number of rotatable bonds is 4. The molecule has 0 amide bonds. The number of hydrogen-bond donors (Lipinski definition) is 1. The fourth-order valence-electron chi connectivity index (χ4n) is 1.60. The van der Waals surface area contributed by atoms with Gasteiger partial charge in [-0.3, -0.25) is 0 Å². The van der Waals surface area contributed by atoms with Gasteiger partial charge in [-0.25, -0.2) is 15.0 Å². The number of anilines is 1. The Labute approximate surface area is 94.9 Å². The quantitative estimate of drug-likeness (QED) is 0.856. The summed E-state index contributed by atoms with van der Waals surface area (Å²) in [6, 6.07) is 0.360. The van der Waals surface area contributed by atoms with E-state index in [2.05, 4.69) is 41.0 Å². The SMILES string of the molecule is CCCNc1ncnc2c1ncn2C(C)C. The summed E-state index contributed by atoms with van der Waals surface area (Å²) in [5, 5.41) is 3.26. The van der Waals surface area contributed by atoms with Crippen LogP contribution in [0, 0.1) is 0 Å². The molecule has 0 spiro atoms. The predicted octanol–water partition coefficient (Wildman–Crippen LogP) is 2.23. The van der Waals surface area contributed by atoms with Crippen LogP contribution in [0.25, 0.3) is 11.2 Å². The normalized spacial score (nSPS) is 11.2. The van der Waals surface area contributed by atoms with Crippen molar-refractivity contribution in [2.24, 2.45) is 0 Å². The Morgan fingerprint density at radius 2 is 2.12 bits per heavy atom. The number of nitrogens with one attached hydrogen (secondary N) is 1. The zero-order chi connectivity index (χ0) is 11.5. The van der Waals surface area contributed by atoms with Gasteiger partial charge in [0.1, 0.15) is 11.8 Å². The molecule has 0 saturated heterocycles. The molecule has 0 bridgehead atoms. The molecule has 0 fully saturated rings. The van der Waals surface area contributed by atoms with E-state index < -0.39 is 0 Å². The summed E-state index contributed by atoms with van der Waals surface area (Å²) in [6.45, 7) is 7.25. The molecule has 2 rings (SSSR count). The second-order valence-electron chi connectivity index (χ2n) is 4.07. The lowest BCUT2D eigenvalue weighted by atomic mass is 10.4. The lowest BCUT2D eigenvalue weighted by Gasteiger charge is -2.07. The molecule has 0 aliphatic rings. The smallest absolute Gasteiger partial charge is 0.165 e. The number of nitrogens with zero attached hydrogens (tertiary/aromatic N) is 4. The first kappa shape index (κ1) is 10.9. The summed E-state index contributed by atoms with van der Waals surface area (Å²) in [5.41, 5.74) is 1.74. The topological polar surface area (TPSA) is 55.6 Å². The Bertz CT molecular complexity index is 474. The minimum Gasteiger partial charge on any atom is -0.368 e. The largest absolute Gasteiger partial charge is 0.368 e. The predicted molar refractivity (Wildman–Crippen MR) is 64.5 cm³/mol. The van der Waals surface area contributed by atoms with Crippen molar-refractivity contribution in [1.29, 1.82) is 0 Å². The molecule has 86 valence electrons. The third kappa shape index (κ3) is 1.85. The van der Waals surface area contributed by atoms with Crippen LogP contribution in [0.4, 0.5) is 5.82 Å². The Morgan fingerprint density at radius 1 is 1.31 bits per heavy atom. The summed E-state index contributed by atoms with van der Waals surface area (Å²) in [4.78, 5) is 12.9. The van der Waals surface area contributed by atoms with E-state index in [1.165, 1.54) is 0 Å². The number of hydrogen-bond acceptors (Lipinski definition) is 4. The van der Waals surface area contributed by atoms with Crippen molar-refractivity contribution in [2.45, 2.75) is 33.2 Å². The zero-order valence-corrected chi connectivity index (χ0v) is 9.94. The standard InChI is InChI=1S/C11H17N5/c1-4-5-12-10-9-11(14-6-13-10)16(7-15-9)8(2)3/h6-8H,4-5H2,1-3H3,(H,12,13,14). The number of aromatic nitrogens is 4. The molecule has 1 N–H and O–H groups in total. The molecule has 2 aromatic rings. The molecular weight excluding hydrogens is 202 g/mol. The Hall–Kier alpha value is -1.65. The van der Waals surface area contributed by atoms with Crippen LogP contribution in [0.3, 0.4) is 0 Å². The van der Waals surface area contributed by atoms with E-state index in [1.54, 1.807) is 6.33 Å². The van der Waals surface area contributed by atoms with Gasteiger partial charge in [0.05, 0.1) is 6.33 Å². The maximum absolute atomic E-state index is 4.37. The fraction of sp³-hybridized carbons (Fsp3) is 0.545. The molecule has 0 radical (unpaired) electrons. The van der Waals surface area contributed by atoms with Gasteiger partial charge < -0.3 is 9.88 Å². The number of imidazole rings is 1. The molecule has 0 aliphatic heterocycles. The molecule has 2 heterocycles. The molecule has 0 aromatic carbocycles. The second-order valence-corrected chi connectivity index (χ2v) is 4.07. The van der Waals surface area contributed by atoms with Gasteiger partial charge in [-0.05, 0) is 20.3 Å². The summed E-state index contributed by atoms with van der Waals surface area (Å²) in [7, 11) is 0. The Kier molecular flexibility index (Phi) is 3.03. The molecule has 5 nitrogen and oxygen atoms in total. The molecule has 0 atom stereocenters. The van der Waals surface area contributed by atoms with Gasteiger partial charge in [0.15, 0.2) is 11.5 Å². The summed E-state index contributed by atoms with van der Waals surface area (Å²) >= 11 is 0. The average Bonchev–Trinajstić information content (AvgIpc) is 2.70. The van der Waals surface area contributed by atoms with E-state index >= 15 is 0 Å². The fourth-order valence-corrected chi connectivity index (χ4v) is 1.60. The van der Waals surface area contributed by atoms with Crippen LogP contribution in [0.15, 0.2) is 12.7 Å². The van der Waals surface area contributed by atoms with Crippen LogP contribution >= 0.6 is 0 Å². The van der Waals surface area contributed by atoms with Gasteiger partial charge in [0.25, 0.3) is 0 Å². The van der Waals surface area contributed by atoms with Crippen molar-refractivity contribution < 1.29 is 0 Å². The van der Waals surface area contributed by atoms with E-state index in [0.717, 1.165) is 29.9 Å². The number of fused-ring (bicyclic) bond motifs is 1. The molecule has 0 aliphatic carbocycles. The minimum absolute atomic E-state index is 0.360. The van der Waals surface area contributed by atoms with Crippen LogP contribution in [0.2, 0.25) is 0 Å². The van der Waals surface area contributed by atoms with Crippen molar-refractivity contribution >= 4 is 17.0 Å². The van der Waals surface area contributed by atoms with Crippen molar-refractivity contribution in [3.8, 4) is 0 Å². The first-order valence-electron chi connectivity index (χ1n) is 5.65. The zero-order valence-electron chi connectivity index (χ0n) is 9.94. The van der Waals surface area contributed by atoms with Gasteiger partial charge in [-0.1, -0.05) is 6.92 Å². The first-order chi connectivity index (χ1) is 7.74. The molecular formula is C11H17N5. The van der Waals surface area contributed by atoms with E-state index in [-0.39, 0.29) is 0 Å². The molecule has 5 heteroatoms. The van der Waals surface area contributed by atoms with E-state index in [1.807, 2.05) is 10.9 Å². The van der Waals surface area contributed by atoms with Crippen LogP contribution in [0.5, 0.6) is 0 Å². The van der Waals surface area contributed by atoms with E-state index in [4.69, 9.17) is 0 Å². The highest BCUT2D eigenvalue weighted by atomic mass is 15.2. The van der Waals surface area contributed by atoms with Gasteiger partial charge in [-0.15, -0.1) is 0 Å². The van der Waals surface area contributed by atoms with Gasteiger partial charge in [-0.2, -0.15) is 0 Å². The van der Waals surface area contributed by atoms with Gasteiger partial charge in [0.2, 0.25) is 0 Å². The van der Waals surface area contributed by atoms with Crippen LogP contribution in [-0.4, -0.2) is 26.1 Å². The lowest BCUT2D eigenvalue weighted by molar-refractivity contribution is 0.612. The van der Waals surface area contributed by atoms with Crippen LogP contribution in [0.1, 0.15) is 33.2 Å². The van der Waals surface area contributed by atoms with Gasteiger partial charge in [0, 0.05) is 12.6 Å². The lowest BCUT2D eigenvalue weighted by Crippen LogP contribution is -2.04. The Balaban J connectivity index is 2.45. The van der Waals surface area contributed by atoms with Crippen molar-refractivity contribution in [3.05, 3.63) is 12.7 Å². The first-order valence-corrected chi connectivity index (χ1v) is 5.65. The van der Waals surface area contributed by atoms with Crippen LogP contribution < -0.4 is 5.32 Å². The molecule has 0 unspecified atom stereocenters. The summed E-state index contributed by atoms with van der Waals surface area (Å²) in [6.07, 6.45) is 4.47. The summed E-state index contributed by atoms with van der Waals surface area (Å²) < 4.78 is 2.05. The van der Waals surface area contributed by atoms with Crippen LogP contribution in [-0.2, 0) is 0 Å². The van der Waals surface area contributed by atoms with E-state index in [0.29, 0.717) is 6.04 Å².